The molecule has 0 unspecified atom stereocenters. The lowest BCUT2D eigenvalue weighted by atomic mass is 10.1. The van der Waals surface area contributed by atoms with Gasteiger partial charge in [-0.3, -0.25) is 14.7 Å². The lowest BCUT2D eigenvalue weighted by molar-refractivity contribution is 0.0948. The van der Waals surface area contributed by atoms with Crippen LogP contribution in [0.25, 0.3) is 0 Å². The molecule has 0 fully saturated rings. The fourth-order valence-corrected chi connectivity index (χ4v) is 3.12. The van der Waals surface area contributed by atoms with E-state index in [2.05, 4.69) is 40.3 Å². The second-order valence-corrected chi connectivity index (χ2v) is 6.66. The van der Waals surface area contributed by atoms with E-state index < -0.39 is 0 Å². The molecule has 0 spiro atoms. The number of ether oxygens (including phenoxy) is 1. The van der Waals surface area contributed by atoms with Crippen LogP contribution in [0.1, 0.15) is 29.3 Å². The molecule has 142 valence electrons. The zero-order chi connectivity index (χ0) is 18.9. The van der Waals surface area contributed by atoms with Gasteiger partial charge in [-0.25, -0.2) is 0 Å². The van der Waals surface area contributed by atoms with E-state index in [0.717, 1.165) is 38.2 Å². The summed E-state index contributed by atoms with van der Waals surface area (Å²) in [5.41, 5.74) is 3.19. The van der Waals surface area contributed by atoms with E-state index in [4.69, 9.17) is 4.74 Å². The van der Waals surface area contributed by atoms with E-state index in [-0.39, 0.29) is 5.91 Å². The molecule has 2 aromatic rings. The molecular weight excluding hydrogens is 338 g/mol. The highest BCUT2D eigenvalue weighted by Crippen LogP contribution is 2.20. The van der Waals surface area contributed by atoms with Gasteiger partial charge < -0.3 is 10.1 Å². The summed E-state index contributed by atoms with van der Waals surface area (Å²) in [6.45, 7) is 6.17. The maximum absolute atomic E-state index is 12.0. The molecule has 27 heavy (non-hydrogen) atoms. The number of amides is 1. The number of carbonyl (C=O) groups excluding carboxylic acids is 1. The molecule has 0 aliphatic carbocycles. The quantitative estimate of drug-likeness (QED) is 0.731. The van der Waals surface area contributed by atoms with Crippen molar-refractivity contribution in [1.82, 2.24) is 15.2 Å². The zero-order valence-corrected chi connectivity index (χ0v) is 15.9. The van der Waals surface area contributed by atoms with Crippen molar-refractivity contribution >= 4 is 5.91 Å². The molecule has 1 aromatic heterocycles. The van der Waals surface area contributed by atoms with Gasteiger partial charge in [0.05, 0.1) is 5.56 Å². The number of carbonyl (C=O) groups is 1. The second-order valence-electron chi connectivity index (χ2n) is 6.66. The summed E-state index contributed by atoms with van der Waals surface area (Å²) in [5.74, 6) is 0.917. The lowest BCUT2D eigenvalue weighted by Gasteiger charge is -2.26. The third-order valence-corrected chi connectivity index (χ3v) is 4.79. The van der Waals surface area contributed by atoms with E-state index >= 15 is 0 Å². The second kappa shape index (κ2) is 9.88. The van der Waals surface area contributed by atoms with Gasteiger partial charge in [0.1, 0.15) is 12.4 Å². The SMILES string of the molecule is CCc1ccccc1OCC1=CCN(CCNC(=O)c2cccnc2)CC1. The molecule has 5 heteroatoms. The molecule has 1 N–H and O–H groups in total. The molecule has 0 saturated heterocycles. The standard InChI is InChI=1S/C22H27N3O2/c1-2-19-6-3-4-8-21(19)27-17-18-9-13-25(14-10-18)15-12-24-22(26)20-7-5-11-23-16-20/h3-9,11,16H,2,10,12-15,17H2,1H3,(H,24,26). The van der Waals surface area contributed by atoms with E-state index in [9.17, 15) is 4.79 Å². The number of benzene rings is 1. The minimum absolute atomic E-state index is 0.0701. The Bertz CT molecular complexity index is 774. The molecule has 0 saturated carbocycles. The number of rotatable bonds is 8. The van der Waals surface area contributed by atoms with E-state index in [1.807, 2.05) is 12.1 Å². The van der Waals surface area contributed by atoms with E-state index in [0.29, 0.717) is 18.7 Å². The smallest absolute Gasteiger partial charge is 0.252 e. The van der Waals surface area contributed by atoms with Crippen LogP contribution in [0.5, 0.6) is 5.75 Å². The first-order valence-electron chi connectivity index (χ1n) is 9.55. The first-order chi connectivity index (χ1) is 13.3. The highest BCUT2D eigenvalue weighted by molar-refractivity contribution is 5.93. The minimum Gasteiger partial charge on any atom is -0.489 e. The summed E-state index contributed by atoms with van der Waals surface area (Å²) >= 11 is 0. The largest absolute Gasteiger partial charge is 0.489 e. The molecule has 3 rings (SSSR count). The normalized spacial score (nSPS) is 14.5. The highest BCUT2D eigenvalue weighted by atomic mass is 16.5. The zero-order valence-electron chi connectivity index (χ0n) is 15.9. The van der Waals surface area contributed by atoms with E-state index in [1.165, 1.54) is 11.1 Å². The maximum Gasteiger partial charge on any atom is 0.252 e. The first-order valence-corrected chi connectivity index (χ1v) is 9.55. The number of hydrogen-bond donors (Lipinski definition) is 1. The predicted octanol–water partition coefficient (Wildman–Crippen LogP) is 3.08. The third-order valence-electron chi connectivity index (χ3n) is 4.79. The first kappa shape index (κ1) is 19.1. The van der Waals surface area contributed by atoms with Crippen LogP contribution in [0.2, 0.25) is 0 Å². The molecule has 2 heterocycles. The fraction of sp³-hybridized carbons (Fsp3) is 0.364. The molecule has 0 radical (unpaired) electrons. The van der Waals surface area contributed by atoms with Crippen LogP contribution < -0.4 is 10.1 Å². The number of para-hydroxylation sites is 1. The Kier molecular flexibility index (Phi) is 6.99. The highest BCUT2D eigenvalue weighted by Gasteiger charge is 2.13. The van der Waals surface area contributed by atoms with Gasteiger partial charge in [0.25, 0.3) is 5.91 Å². The minimum atomic E-state index is -0.0701. The summed E-state index contributed by atoms with van der Waals surface area (Å²) in [6, 6.07) is 11.8. The van der Waals surface area contributed by atoms with Gasteiger partial charge in [-0.05, 0) is 42.2 Å². The summed E-state index contributed by atoms with van der Waals surface area (Å²) in [4.78, 5) is 18.3. The molecule has 0 atom stereocenters. The molecule has 1 aliphatic rings. The van der Waals surface area contributed by atoms with Gasteiger partial charge in [0, 0.05) is 38.6 Å². The number of aryl methyl sites for hydroxylation is 1. The van der Waals surface area contributed by atoms with Gasteiger partial charge >= 0.3 is 0 Å². The van der Waals surface area contributed by atoms with Crippen molar-refractivity contribution < 1.29 is 9.53 Å². The number of nitrogens with one attached hydrogen (secondary N) is 1. The van der Waals surface area contributed by atoms with Crippen LogP contribution in [0.3, 0.4) is 0 Å². The average Bonchev–Trinajstić information content (AvgIpc) is 2.74. The molecule has 1 aliphatic heterocycles. The fourth-order valence-electron chi connectivity index (χ4n) is 3.12. The Balaban J connectivity index is 1.39. The van der Waals surface area contributed by atoms with Crippen molar-refractivity contribution in [2.24, 2.45) is 0 Å². The number of aromatic nitrogens is 1. The van der Waals surface area contributed by atoms with Crippen molar-refractivity contribution in [2.75, 3.05) is 32.8 Å². The number of nitrogens with zero attached hydrogens (tertiary/aromatic N) is 2. The van der Waals surface area contributed by atoms with Crippen LogP contribution in [-0.2, 0) is 6.42 Å². The Labute approximate surface area is 161 Å². The van der Waals surface area contributed by atoms with Gasteiger partial charge in [-0.2, -0.15) is 0 Å². The van der Waals surface area contributed by atoms with Gasteiger partial charge in [0.15, 0.2) is 0 Å². The van der Waals surface area contributed by atoms with Crippen LogP contribution in [-0.4, -0.2) is 48.6 Å². The Morgan fingerprint density at radius 2 is 2.15 bits per heavy atom. The van der Waals surface area contributed by atoms with Crippen molar-refractivity contribution in [3.8, 4) is 5.75 Å². The third kappa shape index (κ3) is 5.66. The van der Waals surface area contributed by atoms with Crippen molar-refractivity contribution in [1.29, 1.82) is 0 Å². The molecule has 1 aromatic carbocycles. The monoisotopic (exact) mass is 365 g/mol. The Morgan fingerprint density at radius 3 is 2.89 bits per heavy atom. The topological polar surface area (TPSA) is 54.5 Å². The van der Waals surface area contributed by atoms with E-state index in [1.54, 1.807) is 24.5 Å². The summed E-state index contributed by atoms with van der Waals surface area (Å²) in [7, 11) is 0. The van der Waals surface area contributed by atoms with Crippen LogP contribution in [0.15, 0.2) is 60.4 Å². The number of pyridine rings is 1. The van der Waals surface area contributed by atoms with Crippen molar-refractivity contribution in [3.05, 3.63) is 71.6 Å². The van der Waals surface area contributed by atoms with Crippen molar-refractivity contribution in [3.63, 3.8) is 0 Å². The maximum atomic E-state index is 12.0. The predicted molar refractivity (Wildman–Crippen MR) is 107 cm³/mol. The summed E-state index contributed by atoms with van der Waals surface area (Å²) in [6.07, 6.45) is 7.49. The molecular formula is C22H27N3O2. The van der Waals surface area contributed by atoms with Gasteiger partial charge in [0.2, 0.25) is 0 Å². The van der Waals surface area contributed by atoms with Gasteiger partial charge in [-0.15, -0.1) is 0 Å². The summed E-state index contributed by atoms with van der Waals surface area (Å²) < 4.78 is 6.01. The Morgan fingerprint density at radius 1 is 1.26 bits per heavy atom. The van der Waals surface area contributed by atoms with Crippen LogP contribution in [0.4, 0.5) is 0 Å². The molecule has 5 nitrogen and oxygen atoms in total. The molecule has 0 bridgehead atoms. The molecule has 1 amide bonds. The van der Waals surface area contributed by atoms with Crippen molar-refractivity contribution in [2.45, 2.75) is 19.8 Å². The number of hydrogen-bond acceptors (Lipinski definition) is 4. The van der Waals surface area contributed by atoms with Gasteiger partial charge in [-0.1, -0.05) is 31.2 Å². The summed E-state index contributed by atoms with van der Waals surface area (Å²) in [5, 5.41) is 2.95. The van der Waals surface area contributed by atoms with Crippen LogP contribution in [0, 0.1) is 0 Å². The average molecular weight is 365 g/mol. The van der Waals surface area contributed by atoms with Crippen LogP contribution >= 0.6 is 0 Å². The lowest BCUT2D eigenvalue weighted by Crippen LogP contribution is -2.37. The Hall–Kier alpha value is -2.66.